The fraction of sp³-hybridized carbons (Fsp3) is 0.136. The van der Waals surface area contributed by atoms with E-state index in [1.165, 1.54) is 0 Å². The van der Waals surface area contributed by atoms with Gasteiger partial charge in [0.1, 0.15) is 11.3 Å². The first-order valence-corrected chi connectivity index (χ1v) is 9.88. The maximum absolute atomic E-state index is 6.45. The van der Waals surface area contributed by atoms with Crippen LogP contribution in [-0.4, -0.2) is 29.9 Å². The van der Waals surface area contributed by atoms with Crippen LogP contribution in [0.25, 0.3) is 33.3 Å². The van der Waals surface area contributed by atoms with Gasteiger partial charge in [-0.25, -0.2) is 19.9 Å². The van der Waals surface area contributed by atoms with E-state index in [0.717, 1.165) is 33.4 Å². The predicted molar refractivity (Wildman–Crippen MR) is 118 cm³/mol. The number of para-hydroxylation sites is 1. The largest absolute Gasteiger partial charge is 0.382 e. The zero-order valence-corrected chi connectivity index (χ0v) is 17.1. The molecule has 0 aliphatic rings. The SMILES string of the molecule is Cc1ncccc1-c1nc2c(Cl)cccc2cc1[C@@H](C)c1nc(N)c2[nH]cnc2n1. The number of nitrogens with two attached hydrogens (primary N) is 1. The minimum atomic E-state index is -0.182. The highest BCUT2D eigenvalue weighted by Crippen LogP contribution is 2.36. The van der Waals surface area contributed by atoms with Crippen LogP contribution in [-0.2, 0) is 0 Å². The number of hydrogen-bond donors (Lipinski definition) is 2. The van der Waals surface area contributed by atoms with E-state index in [9.17, 15) is 0 Å². The third-order valence-corrected chi connectivity index (χ3v) is 5.58. The molecule has 0 fully saturated rings. The summed E-state index contributed by atoms with van der Waals surface area (Å²) in [5.41, 5.74) is 11.7. The molecule has 0 saturated heterocycles. The number of H-pyrrole nitrogens is 1. The lowest BCUT2D eigenvalue weighted by Crippen LogP contribution is -2.08. The van der Waals surface area contributed by atoms with Crippen molar-refractivity contribution in [1.82, 2.24) is 29.9 Å². The molecule has 30 heavy (non-hydrogen) atoms. The highest BCUT2D eigenvalue weighted by atomic mass is 35.5. The van der Waals surface area contributed by atoms with Crippen molar-refractivity contribution < 1.29 is 0 Å². The number of pyridine rings is 2. The number of nitrogens with one attached hydrogen (secondary N) is 1. The molecule has 7 nitrogen and oxygen atoms in total. The molecule has 5 rings (SSSR count). The summed E-state index contributed by atoms with van der Waals surface area (Å²) >= 11 is 6.45. The lowest BCUT2D eigenvalue weighted by Gasteiger charge is -2.18. The van der Waals surface area contributed by atoms with E-state index in [2.05, 4.69) is 31.0 Å². The average Bonchev–Trinajstić information content (AvgIpc) is 3.23. The molecule has 0 saturated carbocycles. The van der Waals surface area contributed by atoms with Gasteiger partial charge in [-0.1, -0.05) is 30.7 Å². The molecule has 0 amide bonds. The van der Waals surface area contributed by atoms with Gasteiger partial charge >= 0.3 is 0 Å². The van der Waals surface area contributed by atoms with Crippen molar-refractivity contribution in [3.8, 4) is 11.3 Å². The van der Waals surface area contributed by atoms with E-state index >= 15 is 0 Å². The Labute approximate surface area is 177 Å². The van der Waals surface area contributed by atoms with Gasteiger partial charge in [0.25, 0.3) is 0 Å². The third kappa shape index (κ3) is 2.95. The lowest BCUT2D eigenvalue weighted by molar-refractivity contribution is 0.825. The fourth-order valence-corrected chi connectivity index (χ4v) is 3.89. The van der Waals surface area contributed by atoms with Crippen LogP contribution in [0.4, 0.5) is 5.82 Å². The van der Waals surface area contributed by atoms with Gasteiger partial charge in [0, 0.05) is 28.8 Å². The highest BCUT2D eigenvalue weighted by molar-refractivity contribution is 6.35. The zero-order chi connectivity index (χ0) is 20.8. The average molecular weight is 416 g/mol. The van der Waals surface area contributed by atoms with Crippen molar-refractivity contribution in [3.63, 3.8) is 0 Å². The summed E-state index contributed by atoms with van der Waals surface area (Å²) in [4.78, 5) is 25.8. The molecule has 1 atom stereocenters. The topological polar surface area (TPSA) is 106 Å². The van der Waals surface area contributed by atoms with Crippen LogP contribution in [0.15, 0.2) is 48.9 Å². The van der Waals surface area contributed by atoms with Gasteiger partial charge < -0.3 is 10.7 Å². The second kappa shape index (κ2) is 7.03. The first kappa shape index (κ1) is 18.4. The van der Waals surface area contributed by atoms with Gasteiger partial charge in [-0.05, 0) is 36.8 Å². The molecule has 8 heteroatoms. The Morgan fingerprint density at radius 3 is 2.77 bits per heavy atom. The van der Waals surface area contributed by atoms with Gasteiger partial charge in [-0.3, -0.25) is 4.98 Å². The Balaban J connectivity index is 1.78. The quantitative estimate of drug-likeness (QED) is 0.444. The molecule has 4 heterocycles. The first-order chi connectivity index (χ1) is 14.5. The van der Waals surface area contributed by atoms with E-state index in [1.54, 1.807) is 12.5 Å². The summed E-state index contributed by atoms with van der Waals surface area (Å²) in [5, 5.41) is 1.55. The number of nitrogen functional groups attached to an aromatic ring is 1. The molecule has 4 aromatic heterocycles. The summed E-state index contributed by atoms with van der Waals surface area (Å²) in [6.45, 7) is 4.00. The van der Waals surface area contributed by atoms with Gasteiger partial charge in [0.05, 0.1) is 22.6 Å². The van der Waals surface area contributed by atoms with Crippen molar-refractivity contribution in [2.75, 3.05) is 5.73 Å². The van der Waals surface area contributed by atoms with Crippen molar-refractivity contribution in [1.29, 1.82) is 0 Å². The Bertz CT molecular complexity index is 1410. The molecule has 0 aliphatic heterocycles. The van der Waals surface area contributed by atoms with E-state index in [0.29, 0.717) is 27.8 Å². The van der Waals surface area contributed by atoms with E-state index < -0.39 is 0 Å². The number of benzene rings is 1. The van der Waals surface area contributed by atoms with Crippen molar-refractivity contribution in [3.05, 3.63) is 71.0 Å². The normalized spacial score (nSPS) is 12.5. The highest BCUT2D eigenvalue weighted by Gasteiger charge is 2.22. The summed E-state index contributed by atoms with van der Waals surface area (Å²) in [5.74, 6) is 0.771. The zero-order valence-electron chi connectivity index (χ0n) is 16.4. The molecule has 148 valence electrons. The smallest absolute Gasteiger partial charge is 0.183 e. The standard InChI is InChI=1S/C22H18ClN7/c1-11(21-29-20(24)19-22(30-21)27-10-26-19)15-9-13-5-3-7-16(23)17(13)28-18(15)14-6-4-8-25-12(14)2/h3-11H,1-2H3,(H3,24,26,27,29,30)/t11-/m1/s1. The van der Waals surface area contributed by atoms with Crippen molar-refractivity contribution >= 4 is 39.5 Å². The molecule has 0 spiro atoms. The molecule has 5 aromatic rings. The lowest BCUT2D eigenvalue weighted by atomic mass is 9.93. The molecule has 0 aliphatic carbocycles. The minimum Gasteiger partial charge on any atom is -0.382 e. The van der Waals surface area contributed by atoms with E-state index in [-0.39, 0.29) is 5.92 Å². The number of fused-ring (bicyclic) bond motifs is 2. The van der Waals surface area contributed by atoms with Gasteiger partial charge in [-0.15, -0.1) is 0 Å². The van der Waals surface area contributed by atoms with Crippen LogP contribution in [0.1, 0.15) is 29.9 Å². The molecule has 0 bridgehead atoms. The maximum atomic E-state index is 6.45. The van der Waals surface area contributed by atoms with Crippen LogP contribution in [0, 0.1) is 6.92 Å². The minimum absolute atomic E-state index is 0.182. The maximum Gasteiger partial charge on any atom is 0.183 e. The van der Waals surface area contributed by atoms with Crippen LogP contribution in [0.2, 0.25) is 5.02 Å². The Morgan fingerprint density at radius 1 is 1.07 bits per heavy atom. The molecular weight excluding hydrogens is 398 g/mol. The van der Waals surface area contributed by atoms with Crippen LogP contribution < -0.4 is 5.73 Å². The second-order valence-corrected chi connectivity index (χ2v) is 7.57. The van der Waals surface area contributed by atoms with Gasteiger partial charge in [-0.2, -0.15) is 0 Å². The summed E-state index contributed by atoms with van der Waals surface area (Å²) in [6.07, 6.45) is 3.33. The van der Waals surface area contributed by atoms with Crippen LogP contribution in [0.5, 0.6) is 0 Å². The summed E-state index contributed by atoms with van der Waals surface area (Å²) in [7, 11) is 0. The van der Waals surface area contributed by atoms with Gasteiger partial charge in [0.15, 0.2) is 11.5 Å². The molecule has 0 unspecified atom stereocenters. The number of aromatic amines is 1. The number of imidazole rings is 1. The van der Waals surface area contributed by atoms with E-state index in [4.69, 9.17) is 22.3 Å². The summed E-state index contributed by atoms with van der Waals surface area (Å²) < 4.78 is 0. The molecule has 0 radical (unpaired) electrons. The molecular formula is C22H18ClN7. The number of halogens is 1. The number of hydrogen-bond acceptors (Lipinski definition) is 6. The predicted octanol–water partition coefficient (Wildman–Crippen LogP) is 4.66. The van der Waals surface area contributed by atoms with Gasteiger partial charge in [0.2, 0.25) is 0 Å². The Morgan fingerprint density at radius 2 is 1.93 bits per heavy atom. The molecule has 3 N–H and O–H groups in total. The number of aromatic nitrogens is 6. The monoisotopic (exact) mass is 415 g/mol. The van der Waals surface area contributed by atoms with Crippen LogP contribution >= 0.6 is 11.6 Å². The van der Waals surface area contributed by atoms with Crippen LogP contribution in [0.3, 0.4) is 0 Å². The van der Waals surface area contributed by atoms with Crippen molar-refractivity contribution in [2.45, 2.75) is 19.8 Å². The third-order valence-electron chi connectivity index (χ3n) is 5.27. The number of aryl methyl sites for hydroxylation is 1. The second-order valence-electron chi connectivity index (χ2n) is 7.16. The summed E-state index contributed by atoms with van der Waals surface area (Å²) in [6, 6.07) is 11.8. The Kier molecular flexibility index (Phi) is 4.33. The number of rotatable bonds is 3. The number of nitrogens with zero attached hydrogens (tertiary/aromatic N) is 5. The van der Waals surface area contributed by atoms with E-state index in [1.807, 2.05) is 44.2 Å². The Hall–Kier alpha value is -3.58. The first-order valence-electron chi connectivity index (χ1n) is 9.50. The van der Waals surface area contributed by atoms with Crippen molar-refractivity contribution in [2.24, 2.45) is 0 Å². The number of anilines is 1. The fourth-order valence-electron chi connectivity index (χ4n) is 3.66. The molecule has 1 aromatic carbocycles.